The van der Waals surface area contributed by atoms with Crippen molar-refractivity contribution in [1.82, 2.24) is 5.48 Å². The van der Waals surface area contributed by atoms with Gasteiger partial charge in [0.1, 0.15) is 0 Å². The van der Waals surface area contributed by atoms with Crippen molar-refractivity contribution >= 4 is 17.6 Å². The predicted molar refractivity (Wildman–Crippen MR) is 67.3 cm³/mol. The number of nitro groups is 1. The lowest BCUT2D eigenvalue weighted by molar-refractivity contribution is -0.387. The summed E-state index contributed by atoms with van der Waals surface area (Å²) in [4.78, 5) is 36.5. The Morgan fingerprint density at radius 2 is 2.19 bits per heavy atom. The smallest absolute Gasteiger partial charge is 0.334 e. The molecular weight excluding hydrogens is 287 g/mol. The van der Waals surface area contributed by atoms with E-state index in [-0.39, 0.29) is 18.4 Å². The molecule has 9 heteroatoms. The highest BCUT2D eigenvalue weighted by atomic mass is 19.1. The van der Waals surface area contributed by atoms with Crippen molar-refractivity contribution in [3.05, 3.63) is 39.7 Å². The second-order valence-electron chi connectivity index (χ2n) is 4.27. The summed E-state index contributed by atoms with van der Waals surface area (Å²) in [6, 6.07) is 3.01. The van der Waals surface area contributed by atoms with Crippen LogP contribution in [0.2, 0.25) is 0 Å². The number of halogens is 1. The highest BCUT2D eigenvalue weighted by molar-refractivity contribution is 5.80. The van der Waals surface area contributed by atoms with Gasteiger partial charge in [-0.15, -0.1) is 0 Å². The number of aliphatic hydroxyl groups excluding tert-OH is 1. The molecule has 21 heavy (non-hydrogen) atoms. The van der Waals surface area contributed by atoms with Crippen LogP contribution in [0.3, 0.4) is 0 Å². The van der Waals surface area contributed by atoms with Crippen LogP contribution in [0.25, 0.3) is 0 Å². The first-order valence-corrected chi connectivity index (χ1v) is 5.89. The number of nitrogens with one attached hydrogen (secondary N) is 1. The zero-order valence-electron chi connectivity index (χ0n) is 11.0. The molecule has 0 aliphatic carbocycles. The highest BCUT2D eigenvalue weighted by Crippen LogP contribution is 2.18. The van der Waals surface area contributed by atoms with Gasteiger partial charge in [-0.25, -0.2) is 4.79 Å². The SMILES string of the molecule is CC(O)CC(=O)ONC(=O)Cc1ccc(F)c([N+](=O)[O-])c1. The molecule has 1 aromatic carbocycles. The molecule has 0 saturated carbocycles. The summed E-state index contributed by atoms with van der Waals surface area (Å²) in [5.74, 6) is -2.58. The van der Waals surface area contributed by atoms with Crippen molar-refractivity contribution < 1.29 is 28.8 Å². The van der Waals surface area contributed by atoms with Gasteiger partial charge in [0, 0.05) is 6.07 Å². The third kappa shape index (κ3) is 5.53. The average Bonchev–Trinajstić information content (AvgIpc) is 2.37. The summed E-state index contributed by atoms with van der Waals surface area (Å²) in [5.41, 5.74) is 1.28. The molecule has 1 unspecified atom stereocenters. The minimum Gasteiger partial charge on any atom is -0.393 e. The Kier molecular flexibility index (Phi) is 5.73. The van der Waals surface area contributed by atoms with Crippen LogP contribution in [0, 0.1) is 15.9 Å². The molecule has 0 heterocycles. The number of amides is 1. The molecule has 0 aliphatic heterocycles. The summed E-state index contributed by atoms with van der Waals surface area (Å²) < 4.78 is 13.1. The van der Waals surface area contributed by atoms with E-state index in [4.69, 9.17) is 5.11 Å². The maximum Gasteiger partial charge on any atom is 0.334 e. The third-order valence-electron chi connectivity index (χ3n) is 2.31. The van der Waals surface area contributed by atoms with Crippen LogP contribution in [-0.4, -0.2) is 28.0 Å². The fourth-order valence-electron chi connectivity index (χ4n) is 1.43. The van der Waals surface area contributed by atoms with E-state index in [0.29, 0.717) is 0 Å². The summed E-state index contributed by atoms with van der Waals surface area (Å²) in [7, 11) is 0. The van der Waals surface area contributed by atoms with Gasteiger partial charge < -0.3 is 9.94 Å². The molecule has 1 atom stereocenters. The van der Waals surface area contributed by atoms with Crippen molar-refractivity contribution in [2.24, 2.45) is 0 Å². The number of hydroxylamine groups is 1. The van der Waals surface area contributed by atoms with E-state index in [1.807, 2.05) is 5.48 Å². The second kappa shape index (κ2) is 7.29. The highest BCUT2D eigenvalue weighted by Gasteiger charge is 2.16. The molecule has 0 aromatic heterocycles. The van der Waals surface area contributed by atoms with E-state index in [0.717, 1.165) is 12.1 Å². The lowest BCUT2D eigenvalue weighted by Crippen LogP contribution is -2.29. The van der Waals surface area contributed by atoms with Gasteiger partial charge in [0.2, 0.25) is 5.82 Å². The number of nitrogens with zero attached hydrogens (tertiary/aromatic N) is 1. The van der Waals surface area contributed by atoms with Gasteiger partial charge in [-0.1, -0.05) is 6.07 Å². The Balaban J connectivity index is 2.57. The molecule has 1 amide bonds. The lowest BCUT2D eigenvalue weighted by atomic mass is 10.1. The first-order chi connectivity index (χ1) is 9.79. The van der Waals surface area contributed by atoms with Crippen LogP contribution in [0.5, 0.6) is 0 Å². The second-order valence-corrected chi connectivity index (χ2v) is 4.27. The van der Waals surface area contributed by atoms with Crippen molar-refractivity contribution in [2.45, 2.75) is 25.9 Å². The number of aliphatic hydroxyl groups is 1. The van der Waals surface area contributed by atoms with E-state index in [1.54, 1.807) is 0 Å². The van der Waals surface area contributed by atoms with E-state index >= 15 is 0 Å². The number of carbonyl (C=O) groups excluding carboxylic acids is 2. The number of hydrogen-bond donors (Lipinski definition) is 2. The fraction of sp³-hybridized carbons (Fsp3) is 0.333. The third-order valence-corrected chi connectivity index (χ3v) is 2.31. The van der Waals surface area contributed by atoms with E-state index < -0.39 is 34.4 Å². The zero-order chi connectivity index (χ0) is 16.0. The van der Waals surface area contributed by atoms with Gasteiger partial charge in [-0.2, -0.15) is 9.87 Å². The van der Waals surface area contributed by atoms with Gasteiger partial charge in [0.15, 0.2) is 0 Å². The summed E-state index contributed by atoms with van der Waals surface area (Å²) in [6.07, 6.45) is -1.53. The largest absolute Gasteiger partial charge is 0.393 e. The number of rotatable bonds is 5. The minimum atomic E-state index is -1.01. The number of benzene rings is 1. The van der Waals surface area contributed by atoms with E-state index in [1.165, 1.54) is 13.0 Å². The summed E-state index contributed by atoms with van der Waals surface area (Å²) >= 11 is 0. The monoisotopic (exact) mass is 300 g/mol. The van der Waals surface area contributed by atoms with Gasteiger partial charge in [0.25, 0.3) is 5.91 Å². The van der Waals surface area contributed by atoms with Gasteiger partial charge in [0.05, 0.1) is 23.9 Å². The lowest BCUT2D eigenvalue weighted by Gasteiger charge is -2.07. The Morgan fingerprint density at radius 1 is 1.52 bits per heavy atom. The zero-order valence-corrected chi connectivity index (χ0v) is 11.0. The molecule has 0 spiro atoms. The fourth-order valence-corrected chi connectivity index (χ4v) is 1.43. The summed E-state index contributed by atoms with van der Waals surface area (Å²) in [6.45, 7) is 1.38. The average molecular weight is 300 g/mol. The molecule has 8 nitrogen and oxygen atoms in total. The number of hydrogen-bond acceptors (Lipinski definition) is 6. The molecule has 0 aliphatic rings. The Bertz CT molecular complexity index is 561. The Morgan fingerprint density at radius 3 is 2.76 bits per heavy atom. The molecule has 0 radical (unpaired) electrons. The minimum absolute atomic E-state index is 0.187. The van der Waals surface area contributed by atoms with Crippen LogP contribution in [0.15, 0.2) is 18.2 Å². The maximum atomic E-state index is 13.1. The number of nitro benzene ring substituents is 1. The molecule has 2 N–H and O–H groups in total. The van der Waals surface area contributed by atoms with Crippen molar-refractivity contribution in [1.29, 1.82) is 0 Å². The molecule has 114 valence electrons. The van der Waals surface area contributed by atoms with Crippen LogP contribution < -0.4 is 5.48 Å². The van der Waals surface area contributed by atoms with Crippen LogP contribution in [0.1, 0.15) is 18.9 Å². The Labute approximate surface area is 118 Å². The van der Waals surface area contributed by atoms with Crippen LogP contribution in [0.4, 0.5) is 10.1 Å². The summed E-state index contributed by atoms with van der Waals surface area (Å²) in [5, 5.41) is 19.5. The topological polar surface area (TPSA) is 119 Å². The molecule has 0 saturated heterocycles. The van der Waals surface area contributed by atoms with Crippen molar-refractivity contribution in [3.63, 3.8) is 0 Å². The quantitative estimate of drug-likeness (QED) is 0.608. The maximum absolute atomic E-state index is 13.1. The van der Waals surface area contributed by atoms with Crippen LogP contribution in [-0.2, 0) is 20.8 Å². The van der Waals surface area contributed by atoms with Gasteiger partial charge in [-0.3, -0.25) is 14.9 Å². The van der Waals surface area contributed by atoms with E-state index in [9.17, 15) is 24.1 Å². The van der Waals surface area contributed by atoms with E-state index in [2.05, 4.69) is 4.84 Å². The molecule has 0 bridgehead atoms. The molecule has 1 rings (SSSR count). The molecule has 0 fully saturated rings. The van der Waals surface area contributed by atoms with Crippen LogP contribution >= 0.6 is 0 Å². The predicted octanol–water partition coefficient (Wildman–Crippen LogP) is 0.622. The standard InChI is InChI=1S/C12H13FN2O6/c1-7(16)4-12(18)21-14-11(17)6-8-2-3-9(13)10(5-8)15(19)20/h2-3,5,7,16H,4,6H2,1H3,(H,14,17). The molecular formula is C12H13FN2O6. The van der Waals surface area contributed by atoms with Crippen molar-refractivity contribution in [2.75, 3.05) is 0 Å². The number of carbonyl (C=O) groups is 2. The van der Waals surface area contributed by atoms with Crippen molar-refractivity contribution in [3.8, 4) is 0 Å². The first-order valence-electron chi connectivity index (χ1n) is 5.89. The molecule has 1 aromatic rings. The Hall–Kier alpha value is -2.55. The van der Waals surface area contributed by atoms with Gasteiger partial charge >= 0.3 is 11.7 Å². The van der Waals surface area contributed by atoms with Gasteiger partial charge in [-0.05, 0) is 18.6 Å². The first kappa shape index (κ1) is 16.5. The normalized spacial score (nSPS) is 11.6.